The fraction of sp³-hybridized carbons (Fsp3) is 0.300. The molecule has 0 heterocycles. The summed E-state index contributed by atoms with van der Waals surface area (Å²) in [5.41, 5.74) is 3.81. The van der Waals surface area contributed by atoms with E-state index in [0.29, 0.717) is 18.2 Å². The van der Waals surface area contributed by atoms with Gasteiger partial charge >= 0.3 is 6.18 Å². The van der Waals surface area contributed by atoms with Crippen LogP contribution < -0.4 is 10.5 Å². The highest BCUT2D eigenvalue weighted by Crippen LogP contribution is 2.33. The highest BCUT2D eigenvalue weighted by Gasteiger charge is 2.32. The summed E-state index contributed by atoms with van der Waals surface area (Å²) in [5.74, 6) is -0.934. The monoisotopic (exact) mass is 330 g/mol. The summed E-state index contributed by atoms with van der Waals surface area (Å²) in [7, 11) is -4.25. The van der Waals surface area contributed by atoms with E-state index >= 15 is 0 Å². The highest BCUT2D eigenvalue weighted by atomic mass is 35.5. The second-order valence-corrected chi connectivity index (χ2v) is 5.98. The molecule has 1 rings (SSSR count). The van der Waals surface area contributed by atoms with Crippen molar-refractivity contribution in [2.75, 3.05) is 0 Å². The molecule has 0 aliphatic rings. The van der Waals surface area contributed by atoms with E-state index in [2.05, 4.69) is 0 Å². The maximum Gasteiger partial charge on any atom is 0.416 e. The number of sulfonamides is 1. The lowest BCUT2D eigenvalue weighted by molar-refractivity contribution is -0.137. The molecule has 10 heteroatoms. The van der Waals surface area contributed by atoms with E-state index in [1.165, 1.54) is 6.92 Å². The maximum absolute atomic E-state index is 12.4. The molecular weight excluding hydrogens is 321 g/mol. The minimum absolute atomic E-state index is 0.491. The van der Waals surface area contributed by atoms with Crippen LogP contribution in [0.25, 0.3) is 0 Å². The molecule has 0 fully saturated rings. The van der Waals surface area contributed by atoms with Crippen molar-refractivity contribution in [3.8, 4) is 0 Å². The van der Waals surface area contributed by atoms with E-state index in [1.807, 2.05) is 4.72 Å². The average Bonchev–Trinajstić information content (AvgIpc) is 2.26. The van der Waals surface area contributed by atoms with Crippen molar-refractivity contribution >= 4 is 27.5 Å². The SMILES string of the molecule is CC(NS(=O)(=O)c1ccc(C(F)(F)F)cc1Cl)C(N)=O. The summed E-state index contributed by atoms with van der Waals surface area (Å²) in [4.78, 5) is 10.2. The van der Waals surface area contributed by atoms with Crippen LogP contribution >= 0.6 is 11.6 Å². The minimum atomic E-state index is -4.64. The van der Waals surface area contributed by atoms with Crippen LogP contribution in [0.15, 0.2) is 23.1 Å². The summed E-state index contributed by atoms with van der Waals surface area (Å²) in [6.45, 7) is 1.19. The van der Waals surface area contributed by atoms with E-state index in [-0.39, 0.29) is 0 Å². The number of halogens is 4. The Labute approximate surface area is 118 Å². The van der Waals surface area contributed by atoms with E-state index < -0.39 is 43.6 Å². The van der Waals surface area contributed by atoms with Gasteiger partial charge in [-0.2, -0.15) is 17.9 Å². The molecule has 1 amide bonds. The van der Waals surface area contributed by atoms with E-state index in [9.17, 15) is 26.4 Å². The number of rotatable bonds is 4. The maximum atomic E-state index is 12.4. The molecule has 0 radical (unpaired) electrons. The first-order valence-electron chi connectivity index (χ1n) is 5.13. The van der Waals surface area contributed by atoms with Crippen LogP contribution in [0.5, 0.6) is 0 Å². The summed E-state index contributed by atoms with van der Waals surface area (Å²) < 4.78 is 62.9. The third kappa shape index (κ3) is 3.84. The van der Waals surface area contributed by atoms with Gasteiger partial charge in [0, 0.05) is 0 Å². The number of benzene rings is 1. The number of carbonyl (C=O) groups excluding carboxylic acids is 1. The van der Waals surface area contributed by atoms with Crippen molar-refractivity contribution in [2.45, 2.75) is 24.0 Å². The zero-order valence-electron chi connectivity index (χ0n) is 10.0. The lowest BCUT2D eigenvalue weighted by atomic mass is 10.2. The van der Waals surface area contributed by atoms with E-state index in [4.69, 9.17) is 17.3 Å². The molecule has 0 saturated carbocycles. The number of carbonyl (C=O) groups is 1. The van der Waals surface area contributed by atoms with Crippen molar-refractivity contribution in [2.24, 2.45) is 5.73 Å². The lowest BCUT2D eigenvalue weighted by Crippen LogP contribution is -2.42. The minimum Gasteiger partial charge on any atom is -0.368 e. The first-order chi connectivity index (χ1) is 8.95. The van der Waals surface area contributed by atoms with Crippen LogP contribution in [0, 0.1) is 0 Å². The molecule has 0 saturated heterocycles. The number of nitrogens with one attached hydrogen (secondary N) is 1. The Balaban J connectivity index is 3.18. The van der Waals surface area contributed by atoms with Gasteiger partial charge in [0.2, 0.25) is 15.9 Å². The average molecular weight is 331 g/mol. The summed E-state index contributed by atoms with van der Waals surface area (Å²) in [5, 5.41) is -0.607. The molecule has 0 aliphatic carbocycles. The second kappa shape index (κ2) is 5.58. The van der Waals surface area contributed by atoms with Gasteiger partial charge < -0.3 is 5.73 Å². The fourth-order valence-electron chi connectivity index (χ4n) is 1.25. The molecule has 112 valence electrons. The Morgan fingerprint density at radius 2 is 1.95 bits per heavy atom. The van der Waals surface area contributed by atoms with Gasteiger partial charge in [-0.25, -0.2) is 8.42 Å². The van der Waals surface area contributed by atoms with Crippen LogP contribution in [-0.2, 0) is 21.0 Å². The predicted octanol–water partition coefficient (Wildman–Crippen LogP) is 1.51. The smallest absolute Gasteiger partial charge is 0.368 e. The number of alkyl halides is 3. The van der Waals surface area contributed by atoms with Gasteiger partial charge in [0.25, 0.3) is 0 Å². The highest BCUT2D eigenvalue weighted by molar-refractivity contribution is 7.89. The molecule has 1 unspecified atom stereocenters. The zero-order chi connectivity index (χ0) is 15.7. The van der Waals surface area contributed by atoms with E-state index in [0.717, 1.165) is 0 Å². The van der Waals surface area contributed by atoms with Crippen LogP contribution in [0.4, 0.5) is 13.2 Å². The Bertz CT molecular complexity index is 631. The number of nitrogens with two attached hydrogens (primary N) is 1. The summed E-state index contributed by atoms with van der Waals surface area (Å²) >= 11 is 5.55. The Kier molecular flexibility index (Phi) is 4.67. The standard InChI is InChI=1S/C10H10ClF3N2O3S/c1-5(9(15)17)16-20(18,19)8-3-2-6(4-7(8)11)10(12,13)14/h2-5,16H,1H3,(H2,15,17). The molecule has 0 bridgehead atoms. The van der Waals surface area contributed by atoms with Gasteiger partial charge in [0.1, 0.15) is 4.90 Å². The molecule has 0 spiro atoms. The number of primary amides is 1. The van der Waals surface area contributed by atoms with Gasteiger partial charge in [-0.1, -0.05) is 11.6 Å². The molecule has 20 heavy (non-hydrogen) atoms. The van der Waals surface area contributed by atoms with Crippen LogP contribution in [0.1, 0.15) is 12.5 Å². The molecule has 0 aliphatic heterocycles. The normalized spacial score (nSPS) is 14.1. The number of hydrogen-bond donors (Lipinski definition) is 2. The predicted molar refractivity (Wildman–Crippen MR) is 65.4 cm³/mol. The first kappa shape index (κ1) is 16.7. The fourth-order valence-corrected chi connectivity index (χ4v) is 3.01. The van der Waals surface area contributed by atoms with Crippen molar-refractivity contribution in [3.63, 3.8) is 0 Å². The molecule has 1 aromatic rings. The summed E-state index contributed by atoms with van der Waals surface area (Å²) in [6, 6.07) is 0.556. The van der Waals surface area contributed by atoms with E-state index in [1.54, 1.807) is 0 Å². The van der Waals surface area contributed by atoms with Gasteiger partial charge in [-0.3, -0.25) is 4.79 Å². The van der Waals surface area contributed by atoms with Crippen molar-refractivity contribution in [1.82, 2.24) is 4.72 Å². The van der Waals surface area contributed by atoms with Crippen LogP contribution in [0.2, 0.25) is 5.02 Å². The topological polar surface area (TPSA) is 89.3 Å². The summed E-state index contributed by atoms with van der Waals surface area (Å²) in [6.07, 6.45) is -4.64. The Morgan fingerprint density at radius 3 is 2.35 bits per heavy atom. The Hall–Kier alpha value is -1.32. The van der Waals surface area contributed by atoms with Crippen molar-refractivity contribution in [3.05, 3.63) is 28.8 Å². The van der Waals surface area contributed by atoms with Gasteiger partial charge in [-0.15, -0.1) is 0 Å². The second-order valence-electron chi connectivity index (χ2n) is 3.89. The first-order valence-corrected chi connectivity index (χ1v) is 6.99. The van der Waals surface area contributed by atoms with Gasteiger partial charge in [0.05, 0.1) is 16.6 Å². The Morgan fingerprint density at radius 1 is 1.40 bits per heavy atom. The molecule has 5 nitrogen and oxygen atoms in total. The molecule has 0 aromatic heterocycles. The van der Waals surface area contributed by atoms with Crippen LogP contribution in [-0.4, -0.2) is 20.4 Å². The molecular formula is C10H10ClF3N2O3S. The van der Waals surface area contributed by atoms with Gasteiger partial charge in [0.15, 0.2) is 0 Å². The quantitative estimate of drug-likeness (QED) is 0.877. The molecule has 3 N–H and O–H groups in total. The van der Waals surface area contributed by atoms with Crippen LogP contribution in [0.3, 0.4) is 0 Å². The molecule has 1 aromatic carbocycles. The molecule has 1 atom stereocenters. The third-order valence-electron chi connectivity index (χ3n) is 2.31. The number of amides is 1. The van der Waals surface area contributed by atoms with Gasteiger partial charge in [-0.05, 0) is 25.1 Å². The zero-order valence-corrected chi connectivity index (χ0v) is 11.6. The van der Waals surface area contributed by atoms with Crippen molar-refractivity contribution in [1.29, 1.82) is 0 Å². The lowest BCUT2D eigenvalue weighted by Gasteiger charge is -2.13. The van der Waals surface area contributed by atoms with Crippen molar-refractivity contribution < 1.29 is 26.4 Å². The number of hydrogen-bond acceptors (Lipinski definition) is 3. The third-order valence-corrected chi connectivity index (χ3v) is 4.33. The largest absolute Gasteiger partial charge is 0.416 e.